The second-order valence-electron chi connectivity index (χ2n) is 3.03. The first-order valence-corrected chi connectivity index (χ1v) is 5.26. The predicted octanol–water partition coefficient (Wildman–Crippen LogP) is 0.842. The SMILES string of the molecule is O=C1CNC(=O)N1CCc1cccs1. The van der Waals surface area contributed by atoms with Crippen molar-refractivity contribution in [3.63, 3.8) is 0 Å². The molecule has 0 atom stereocenters. The van der Waals surface area contributed by atoms with Gasteiger partial charge in [-0.05, 0) is 17.9 Å². The monoisotopic (exact) mass is 210 g/mol. The van der Waals surface area contributed by atoms with Crippen LogP contribution in [0.25, 0.3) is 0 Å². The quantitative estimate of drug-likeness (QED) is 0.752. The zero-order valence-corrected chi connectivity index (χ0v) is 8.34. The predicted molar refractivity (Wildman–Crippen MR) is 53.1 cm³/mol. The number of hydrogen-bond donors (Lipinski definition) is 1. The Balaban J connectivity index is 1.92. The number of rotatable bonds is 3. The number of nitrogens with one attached hydrogen (secondary N) is 1. The Morgan fingerprint density at radius 1 is 1.50 bits per heavy atom. The van der Waals surface area contributed by atoms with E-state index in [0.717, 1.165) is 6.42 Å². The maximum Gasteiger partial charge on any atom is 0.324 e. The maximum absolute atomic E-state index is 11.2. The van der Waals surface area contributed by atoms with Gasteiger partial charge in [-0.25, -0.2) is 4.79 Å². The van der Waals surface area contributed by atoms with Crippen molar-refractivity contribution >= 4 is 23.3 Å². The van der Waals surface area contributed by atoms with Crippen molar-refractivity contribution in [2.75, 3.05) is 13.1 Å². The lowest BCUT2D eigenvalue weighted by atomic mass is 10.3. The van der Waals surface area contributed by atoms with Gasteiger partial charge in [0, 0.05) is 11.4 Å². The number of thiophene rings is 1. The highest BCUT2D eigenvalue weighted by Crippen LogP contribution is 2.10. The summed E-state index contributed by atoms with van der Waals surface area (Å²) < 4.78 is 0. The Kier molecular flexibility index (Phi) is 2.49. The Morgan fingerprint density at radius 3 is 2.93 bits per heavy atom. The van der Waals surface area contributed by atoms with E-state index < -0.39 is 0 Å². The van der Waals surface area contributed by atoms with Crippen molar-refractivity contribution in [2.24, 2.45) is 0 Å². The van der Waals surface area contributed by atoms with Crippen LogP contribution in [0.3, 0.4) is 0 Å². The van der Waals surface area contributed by atoms with E-state index in [1.54, 1.807) is 11.3 Å². The molecule has 1 aliphatic rings. The van der Waals surface area contributed by atoms with Crippen molar-refractivity contribution in [1.82, 2.24) is 10.2 Å². The maximum atomic E-state index is 11.2. The van der Waals surface area contributed by atoms with Gasteiger partial charge in [0.05, 0.1) is 6.54 Å². The third-order valence-corrected chi connectivity index (χ3v) is 3.04. The molecule has 2 heterocycles. The lowest BCUT2D eigenvalue weighted by molar-refractivity contribution is -0.124. The zero-order chi connectivity index (χ0) is 9.97. The van der Waals surface area contributed by atoms with E-state index in [2.05, 4.69) is 5.32 Å². The molecule has 0 bridgehead atoms. The molecule has 0 aliphatic carbocycles. The number of imide groups is 1. The minimum atomic E-state index is -0.272. The molecule has 1 aromatic heterocycles. The van der Waals surface area contributed by atoms with E-state index in [4.69, 9.17) is 0 Å². The molecule has 0 radical (unpaired) electrons. The summed E-state index contributed by atoms with van der Waals surface area (Å²) in [4.78, 5) is 24.8. The normalized spacial score (nSPS) is 16.1. The van der Waals surface area contributed by atoms with Crippen LogP contribution in [0.1, 0.15) is 4.88 Å². The fraction of sp³-hybridized carbons (Fsp3) is 0.333. The molecule has 14 heavy (non-hydrogen) atoms. The van der Waals surface area contributed by atoms with Crippen LogP contribution in [0.2, 0.25) is 0 Å². The summed E-state index contributed by atoms with van der Waals surface area (Å²) in [7, 11) is 0. The van der Waals surface area contributed by atoms with Gasteiger partial charge in [0.2, 0.25) is 5.91 Å². The zero-order valence-electron chi connectivity index (χ0n) is 7.53. The lowest BCUT2D eigenvalue weighted by Crippen LogP contribution is -2.32. The Morgan fingerprint density at radius 2 is 2.36 bits per heavy atom. The molecule has 0 unspecified atom stereocenters. The number of urea groups is 1. The van der Waals surface area contributed by atoms with Crippen molar-refractivity contribution < 1.29 is 9.59 Å². The van der Waals surface area contributed by atoms with Gasteiger partial charge in [0.1, 0.15) is 0 Å². The highest BCUT2D eigenvalue weighted by molar-refractivity contribution is 7.09. The van der Waals surface area contributed by atoms with Gasteiger partial charge >= 0.3 is 6.03 Å². The fourth-order valence-electron chi connectivity index (χ4n) is 1.36. The molecular formula is C9H10N2O2S. The van der Waals surface area contributed by atoms with Crippen LogP contribution < -0.4 is 5.32 Å². The molecule has 3 amide bonds. The van der Waals surface area contributed by atoms with Gasteiger partial charge in [0.25, 0.3) is 0 Å². The number of nitrogens with zero attached hydrogens (tertiary/aromatic N) is 1. The van der Waals surface area contributed by atoms with Gasteiger partial charge in [-0.2, -0.15) is 0 Å². The van der Waals surface area contributed by atoms with Crippen LogP contribution in [0.5, 0.6) is 0 Å². The number of carbonyl (C=O) groups is 2. The summed E-state index contributed by atoms with van der Waals surface area (Å²) >= 11 is 1.64. The average molecular weight is 210 g/mol. The third-order valence-electron chi connectivity index (χ3n) is 2.10. The molecular weight excluding hydrogens is 200 g/mol. The highest BCUT2D eigenvalue weighted by Gasteiger charge is 2.27. The summed E-state index contributed by atoms with van der Waals surface area (Å²) in [6, 6.07) is 3.70. The highest BCUT2D eigenvalue weighted by atomic mass is 32.1. The third kappa shape index (κ3) is 1.77. The minimum absolute atomic E-state index is 0.133. The van der Waals surface area contributed by atoms with Gasteiger partial charge in [0.15, 0.2) is 0 Å². The van der Waals surface area contributed by atoms with E-state index in [0.29, 0.717) is 6.54 Å². The average Bonchev–Trinajstić information content (AvgIpc) is 2.76. The molecule has 2 rings (SSSR count). The second kappa shape index (κ2) is 3.79. The van der Waals surface area contributed by atoms with E-state index in [9.17, 15) is 9.59 Å². The first-order valence-electron chi connectivity index (χ1n) is 4.38. The fourth-order valence-corrected chi connectivity index (χ4v) is 2.06. The summed E-state index contributed by atoms with van der Waals surface area (Å²) in [6.07, 6.45) is 0.747. The van der Waals surface area contributed by atoms with Crippen LogP contribution in [-0.4, -0.2) is 29.9 Å². The van der Waals surface area contributed by atoms with Crippen LogP contribution in [0.15, 0.2) is 17.5 Å². The van der Waals surface area contributed by atoms with Crippen molar-refractivity contribution in [3.05, 3.63) is 22.4 Å². The first kappa shape index (κ1) is 9.21. The molecule has 1 N–H and O–H groups in total. The molecule has 1 aliphatic heterocycles. The van der Waals surface area contributed by atoms with Crippen LogP contribution in [0, 0.1) is 0 Å². The topological polar surface area (TPSA) is 49.4 Å². The first-order chi connectivity index (χ1) is 6.77. The van der Waals surface area contributed by atoms with Gasteiger partial charge < -0.3 is 5.32 Å². The van der Waals surface area contributed by atoms with Crippen LogP contribution >= 0.6 is 11.3 Å². The summed E-state index contributed by atoms with van der Waals surface area (Å²) in [5.74, 6) is -0.133. The minimum Gasteiger partial charge on any atom is -0.329 e. The molecule has 74 valence electrons. The lowest BCUT2D eigenvalue weighted by Gasteiger charge is -2.10. The van der Waals surface area contributed by atoms with Crippen LogP contribution in [0.4, 0.5) is 4.79 Å². The molecule has 0 saturated carbocycles. The molecule has 1 aromatic rings. The molecule has 0 aromatic carbocycles. The molecule has 5 heteroatoms. The van der Waals surface area contributed by atoms with E-state index >= 15 is 0 Å². The van der Waals surface area contributed by atoms with E-state index in [1.807, 2.05) is 17.5 Å². The van der Waals surface area contributed by atoms with Gasteiger partial charge in [-0.3, -0.25) is 9.69 Å². The summed E-state index contributed by atoms with van der Waals surface area (Å²) in [5, 5.41) is 4.48. The van der Waals surface area contributed by atoms with Crippen molar-refractivity contribution in [3.8, 4) is 0 Å². The van der Waals surface area contributed by atoms with E-state index in [1.165, 1.54) is 9.78 Å². The van der Waals surface area contributed by atoms with Gasteiger partial charge in [-0.1, -0.05) is 6.07 Å². The summed E-state index contributed by atoms with van der Waals surface area (Å²) in [5.41, 5.74) is 0. The smallest absolute Gasteiger partial charge is 0.324 e. The molecule has 0 spiro atoms. The number of carbonyl (C=O) groups excluding carboxylic acids is 2. The molecule has 1 fully saturated rings. The van der Waals surface area contributed by atoms with Crippen molar-refractivity contribution in [1.29, 1.82) is 0 Å². The number of hydrogen-bond acceptors (Lipinski definition) is 3. The Labute approximate surface area is 85.5 Å². The van der Waals surface area contributed by atoms with E-state index in [-0.39, 0.29) is 18.5 Å². The molecule has 4 nitrogen and oxygen atoms in total. The Bertz CT molecular complexity index is 332. The van der Waals surface area contributed by atoms with Crippen molar-refractivity contribution in [2.45, 2.75) is 6.42 Å². The standard InChI is InChI=1S/C9H10N2O2S/c12-8-6-10-9(13)11(8)4-3-7-2-1-5-14-7/h1-2,5H,3-4,6H2,(H,10,13). The largest absolute Gasteiger partial charge is 0.329 e. The van der Waals surface area contributed by atoms with Crippen LogP contribution in [-0.2, 0) is 11.2 Å². The van der Waals surface area contributed by atoms with Gasteiger partial charge in [-0.15, -0.1) is 11.3 Å². The molecule has 1 saturated heterocycles. The number of amides is 3. The Hall–Kier alpha value is -1.36. The second-order valence-corrected chi connectivity index (χ2v) is 4.07. The summed E-state index contributed by atoms with van der Waals surface area (Å²) in [6.45, 7) is 0.619.